The van der Waals surface area contributed by atoms with Crippen LogP contribution in [0, 0.1) is 0 Å². The Morgan fingerprint density at radius 3 is 2.56 bits per heavy atom. The number of carbonyl (C=O) groups is 1. The standard InChI is InChI=1S/C21H20F3N5O2S/c1-3-29-19(14-8-10-16(31-2)11-9-14)27-28-20(29)32-13-18(30)26-25-12-15-6-4-5-7-17(15)21(22,23)24/h4-12H,3,13H2,1-2H3,(H,26,30)/b25-12-. The van der Waals surface area contributed by atoms with Gasteiger partial charge in [0.2, 0.25) is 0 Å². The fourth-order valence-corrected chi connectivity index (χ4v) is 3.63. The zero-order chi connectivity index (χ0) is 23.1. The monoisotopic (exact) mass is 463 g/mol. The van der Waals surface area contributed by atoms with Gasteiger partial charge in [-0.15, -0.1) is 10.2 Å². The minimum absolute atomic E-state index is 0.0288. The molecule has 0 fully saturated rings. The predicted molar refractivity (Wildman–Crippen MR) is 116 cm³/mol. The van der Waals surface area contributed by atoms with Crippen LogP contribution in [0.25, 0.3) is 11.4 Å². The molecule has 32 heavy (non-hydrogen) atoms. The molecule has 3 rings (SSSR count). The summed E-state index contributed by atoms with van der Waals surface area (Å²) >= 11 is 1.16. The average Bonchev–Trinajstić information content (AvgIpc) is 3.20. The van der Waals surface area contributed by atoms with E-state index < -0.39 is 17.6 Å². The lowest BCUT2D eigenvalue weighted by atomic mass is 10.1. The van der Waals surface area contributed by atoms with Crippen molar-refractivity contribution in [2.45, 2.75) is 24.8 Å². The third kappa shape index (κ3) is 5.67. The Labute approximate surface area is 186 Å². The van der Waals surface area contributed by atoms with Crippen LogP contribution in [0.1, 0.15) is 18.1 Å². The number of hydrogen-bond donors (Lipinski definition) is 1. The molecule has 0 aliphatic heterocycles. The van der Waals surface area contributed by atoms with Gasteiger partial charge in [0.15, 0.2) is 11.0 Å². The Hall–Kier alpha value is -3.34. The van der Waals surface area contributed by atoms with Gasteiger partial charge in [-0.25, -0.2) is 5.43 Å². The topological polar surface area (TPSA) is 81.4 Å². The van der Waals surface area contributed by atoms with E-state index in [1.165, 1.54) is 18.2 Å². The maximum absolute atomic E-state index is 13.0. The molecule has 1 N–H and O–H groups in total. The molecule has 7 nitrogen and oxygen atoms in total. The summed E-state index contributed by atoms with van der Waals surface area (Å²) in [6.45, 7) is 2.52. The molecular weight excluding hydrogens is 443 g/mol. The third-order valence-corrected chi connectivity index (χ3v) is 5.34. The number of aromatic nitrogens is 3. The highest BCUT2D eigenvalue weighted by Gasteiger charge is 2.32. The van der Waals surface area contributed by atoms with Crippen LogP contribution in [0.5, 0.6) is 5.75 Å². The Bertz CT molecular complexity index is 1100. The Morgan fingerprint density at radius 2 is 1.91 bits per heavy atom. The summed E-state index contributed by atoms with van der Waals surface area (Å²) in [5.74, 6) is 0.868. The Morgan fingerprint density at radius 1 is 1.19 bits per heavy atom. The van der Waals surface area contributed by atoms with Crippen LogP contribution in [0.2, 0.25) is 0 Å². The number of methoxy groups -OCH3 is 1. The van der Waals surface area contributed by atoms with Crippen molar-refractivity contribution in [1.29, 1.82) is 0 Å². The first kappa shape index (κ1) is 23.3. The molecule has 3 aromatic rings. The lowest BCUT2D eigenvalue weighted by molar-refractivity contribution is -0.137. The molecule has 0 bridgehead atoms. The van der Waals surface area contributed by atoms with Gasteiger partial charge in [-0.2, -0.15) is 18.3 Å². The lowest BCUT2D eigenvalue weighted by Crippen LogP contribution is -2.20. The summed E-state index contributed by atoms with van der Waals surface area (Å²) in [5.41, 5.74) is 2.13. The second-order valence-electron chi connectivity index (χ2n) is 6.45. The van der Waals surface area contributed by atoms with Crippen LogP contribution in [-0.2, 0) is 17.5 Å². The van der Waals surface area contributed by atoms with E-state index in [0.29, 0.717) is 17.5 Å². The molecule has 1 aromatic heterocycles. The second kappa shape index (κ2) is 10.3. The number of nitrogens with one attached hydrogen (secondary N) is 1. The highest BCUT2D eigenvalue weighted by atomic mass is 32.2. The first-order valence-electron chi connectivity index (χ1n) is 9.52. The molecule has 0 atom stereocenters. The maximum Gasteiger partial charge on any atom is 0.417 e. The van der Waals surface area contributed by atoms with E-state index in [1.807, 2.05) is 35.8 Å². The minimum Gasteiger partial charge on any atom is -0.497 e. The molecule has 0 saturated carbocycles. The van der Waals surface area contributed by atoms with Crippen molar-refractivity contribution in [3.63, 3.8) is 0 Å². The van der Waals surface area contributed by atoms with Gasteiger partial charge in [-0.05, 0) is 37.3 Å². The first-order chi connectivity index (χ1) is 15.3. The van der Waals surface area contributed by atoms with E-state index in [2.05, 4.69) is 20.7 Å². The maximum atomic E-state index is 13.0. The molecule has 0 spiro atoms. The molecule has 2 aromatic carbocycles. The molecule has 0 aliphatic carbocycles. The summed E-state index contributed by atoms with van der Waals surface area (Å²) in [7, 11) is 1.59. The number of amides is 1. The summed E-state index contributed by atoms with van der Waals surface area (Å²) in [5, 5.41) is 12.5. The van der Waals surface area contributed by atoms with Crippen LogP contribution in [0.15, 0.2) is 58.8 Å². The number of carbonyl (C=O) groups excluding carboxylic acids is 1. The van der Waals surface area contributed by atoms with Crippen LogP contribution >= 0.6 is 11.8 Å². The molecule has 0 unspecified atom stereocenters. The number of halogens is 3. The number of hydrogen-bond acceptors (Lipinski definition) is 6. The molecule has 1 heterocycles. The van der Waals surface area contributed by atoms with Crippen molar-refractivity contribution < 1.29 is 22.7 Å². The summed E-state index contributed by atoms with van der Waals surface area (Å²) in [4.78, 5) is 12.1. The molecule has 0 saturated heterocycles. The van der Waals surface area contributed by atoms with Crippen molar-refractivity contribution in [1.82, 2.24) is 20.2 Å². The van der Waals surface area contributed by atoms with Crippen molar-refractivity contribution in [3.05, 3.63) is 59.7 Å². The molecule has 0 aliphatic rings. The Balaban J connectivity index is 1.62. The van der Waals surface area contributed by atoms with Gasteiger partial charge in [0.25, 0.3) is 5.91 Å². The SMILES string of the molecule is CCn1c(SCC(=O)N/N=C\c2ccccc2C(F)(F)F)nnc1-c1ccc(OC)cc1. The average molecular weight is 463 g/mol. The number of nitrogens with zero attached hydrogens (tertiary/aromatic N) is 4. The third-order valence-electron chi connectivity index (χ3n) is 4.37. The van der Waals surface area contributed by atoms with E-state index in [1.54, 1.807) is 7.11 Å². The van der Waals surface area contributed by atoms with Gasteiger partial charge >= 0.3 is 6.18 Å². The van der Waals surface area contributed by atoms with Gasteiger partial charge in [0, 0.05) is 17.7 Å². The number of thioether (sulfide) groups is 1. The van der Waals surface area contributed by atoms with E-state index in [0.717, 1.165) is 35.4 Å². The van der Waals surface area contributed by atoms with Gasteiger partial charge in [0.1, 0.15) is 5.75 Å². The molecule has 1 amide bonds. The highest BCUT2D eigenvalue weighted by molar-refractivity contribution is 7.99. The smallest absolute Gasteiger partial charge is 0.417 e. The highest BCUT2D eigenvalue weighted by Crippen LogP contribution is 2.31. The zero-order valence-corrected chi connectivity index (χ0v) is 18.1. The molecule has 11 heteroatoms. The fraction of sp³-hybridized carbons (Fsp3) is 0.238. The summed E-state index contributed by atoms with van der Waals surface area (Å²) < 4.78 is 46.0. The normalized spacial score (nSPS) is 11.7. The fourth-order valence-electron chi connectivity index (χ4n) is 2.84. The Kier molecular flexibility index (Phi) is 7.52. The van der Waals surface area contributed by atoms with Crippen molar-refractivity contribution in [2.75, 3.05) is 12.9 Å². The molecule has 0 radical (unpaired) electrons. The van der Waals surface area contributed by atoms with Crippen molar-refractivity contribution >= 4 is 23.9 Å². The van der Waals surface area contributed by atoms with Crippen LogP contribution in [-0.4, -0.2) is 39.7 Å². The van der Waals surface area contributed by atoms with E-state index >= 15 is 0 Å². The van der Waals surface area contributed by atoms with Crippen molar-refractivity contribution in [3.8, 4) is 17.1 Å². The second-order valence-corrected chi connectivity index (χ2v) is 7.39. The predicted octanol–water partition coefficient (Wildman–Crippen LogP) is 4.23. The van der Waals surface area contributed by atoms with Crippen LogP contribution < -0.4 is 10.2 Å². The first-order valence-corrected chi connectivity index (χ1v) is 10.5. The van der Waals surface area contributed by atoms with Crippen LogP contribution in [0.3, 0.4) is 0 Å². The lowest BCUT2D eigenvalue weighted by Gasteiger charge is -2.09. The minimum atomic E-state index is -4.51. The number of rotatable bonds is 8. The largest absolute Gasteiger partial charge is 0.497 e. The van der Waals surface area contributed by atoms with Crippen molar-refractivity contribution in [2.24, 2.45) is 5.10 Å². The molecular formula is C21H20F3N5O2S. The number of ether oxygens (including phenoxy) is 1. The quantitative estimate of drug-likeness (QED) is 0.307. The summed E-state index contributed by atoms with van der Waals surface area (Å²) in [6, 6.07) is 12.4. The number of benzene rings is 2. The van der Waals surface area contributed by atoms with Gasteiger partial charge in [0.05, 0.1) is 24.6 Å². The van der Waals surface area contributed by atoms with E-state index in [9.17, 15) is 18.0 Å². The van der Waals surface area contributed by atoms with Gasteiger partial charge in [-0.1, -0.05) is 30.0 Å². The number of alkyl halides is 3. The molecule has 168 valence electrons. The number of hydrazone groups is 1. The van der Waals surface area contributed by atoms with Gasteiger partial charge < -0.3 is 9.30 Å². The van der Waals surface area contributed by atoms with Gasteiger partial charge in [-0.3, -0.25) is 4.79 Å². The zero-order valence-electron chi connectivity index (χ0n) is 17.3. The summed E-state index contributed by atoms with van der Waals surface area (Å²) in [6.07, 6.45) is -3.53. The van der Waals surface area contributed by atoms with Crippen LogP contribution in [0.4, 0.5) is 13.2 Å². The van der Waals surface area contributed by atoms with E-state index in [-0.39, 0.29) is 11.3 Å². The van der Waals surface area contributed by atoms with E-state index in [4.69, 9.17) is 4.74 Å².